The van der Waals surface area contributed by atoms with Crippen LogP contribution in [0.15, 0.2) is 18.2 Å². The first-order valence-corrected chi connectivity index (χ1v) is 12.6. The standard InChI is InChI=1S/C27H38N2O6/c1-8-34-25(33)21-20-24(32)29(19(13-30)14(2)3)22(27(20)12-17(6)26(21,7)35-27)23(31)28-18-11-15(4)9-10-16(18)5/h9-11,14,17,19-22,30H,8,12-13H2,1-7H3,(H,28,31)/t17?,19-,20-,21-,22?,26+,27?/m0/s1. The van der Waals surface area contributed by atoms with Gasteiger partial charge in [0.2, 0.25) is 11.8 Å². The van der Waals surface area contributed by atoms with Crippen LogP contribution in [0.4, 0.5) is 5.69 Å². The molecule has 3 fully saturated rings. The van der Waals surface area contributed by atoms with Crippen LogP contribution in [-0.2, 0) is 23.9 Å². The molecule has 3 saturated heterocycles. The van der Waals surface area contributed by atoms with Crippen LogP contribution in [0.2, 0.25) is 0 Å². The predicted molar refractivity (Wildman–Crippen MR) is 131 cm³/mol. The van der Waals surface area contributed by atoms with Crippen LogP contribution < -0.4 is 5.32 Å². The molecular formula is C27H38N2O6. The minimum atomic E-state index is -1.17. The second-order valence-corrected chi connectivity index (χ2v) is 11.0. The monoisotopic (exact) mass is 486 g/mol. The van der Waals surface area contributed by atoms with E-state index in [9.17, 15) is 19.5 Å². The maximum Gasteiger partial charge on any atom is 0.312 e. The summed E-state index contributed by atoms with van der Waals surface area (Å²) in [5.74, 6) is -2.99. The molecule has 3 unspecified atom stereocenters. The lowest BCUT2D eigenvalue weighted by atomic mass is 9.62. The zero-order valence-corrected chi connectivity index (χ0v) is 21.8. The van der Waals surface area contributed by atoms with E-state index < -0.39 is 41.1 Å². The summed E-state index contributed by atoms with van der Waals surface area (Å²) >= 11 is 0. The smallest absolute Gasteiger partial charge is 0.312 e. The number of aliphatic hydroxyl groups excluding tert-OH is 1. The van der Waals surface area contributed by atoms with Crippen molar-refractivity contribution in [2.75, 3.05) is 18.5 Å². The molecule has 2 amide bonds. The van der Waals surface area contributed by atoms with Crippen molar-refractivity contribution in [2.45, 2.75) is 78.2 Å². The van der Waals surface area contributed by atoms with Gasteiger partial charge in [0, 0.05) is 5.69 Å². The van der Waals surface area contributed by atoms with Gasteiger partial charge in [-0.2, -0.15) is 0 Å². The quantitative estimate of drug-likeness (QED) is 0.575. The Hall–Kier alpha value is -2.45. The van der Waals surface area contributed by atoms with Crippen molar-refractivity contribution in [3.63, 3.8) is 0 Å². The Morgan fingerprint density at radius 1 is 1.31 bits per heavy atom. The van der Waals surface area contributed by atoms with Crippen molar-refractivity contribution in [2.24, 2.45) is 23.7 Å². The number of anilines is 1. The van der Waals surface area contributed by atoms with E-state index in [1.54, 1.807) is 6.92 Å². The number of amides is 2. The average Bonchev–Trinajstić information content (AvgIpc) is 3.28. The molecule has 3 aliphatic heterocycles. The van der Waals surface area contributed by atoms with E-state index in [2.05, 4.69) is 5.32 Å². The molecule has 8 nitrogen and oxygen atoms in total. The van der Waals surface area contributed by atoms with E-state index in [0.717, 1.165) is 11.1 Å². The normalized spacial score (nSPS) is 34.3. The van der Waals surface area contributed by atoms with Crippen molar-refractivity contribution in [3.8, 4) is 0 Å². The third kappa shape index (κ3) is 3.68. The van der Waals surface area contributed by atoms with Crippen molar-refractivity contribution in [3.05, 3.63) is 29.3 Å². The average molecular weight is 487 g/mol. The number of aryl methyl sites for hydroxylation is 2. The van der Waals surface area contributed by atoms with Gasteiger partial charge in [0.25, 0.3) is 0 Å². The molecule has 3 heterocycles. The summed E-state index contributed by atoms with van der Waals surface area (Å²) < 4.78 is 12.1. The summed E-state index contributed by atoms with van der Waals surface area (Å²) in [7, 11) is 0. The highest BCUT2D eigenvalue weighted by Crippen LogP contribution is 2.65. The Balaban J connectivity index is 1.84. The van der Waals surface area contributed by atoms with E-state index in [-0.39, 0.29) is 36.9 Å². The lowest BCUT2D eigenvalue weighted by molar-refractivity contribution is -0.162. The Bertz CT molecular complexity index is 1040. The molecule has 0 aromatic heterocycles. The number of rotatable bonds is 7. The van der Waals surface area contributed by atoms with Gasteiger partial charge in [-0.25, -0.2) is 0 Å². The minimum Gasteiger partial charge on any atom is -0.466 e. The summed E-state index contributed by atoms with van der Waals surface area (Å²) in [4.78, 5) is 42.8. The molecule has 4 rings (SSSR count). The van der Waals surface area contributed by atoms with Crippen LogP contribution in [-0.4, -0.2) is 64.3 Å². The fourth-order valence-electron chi connectivity index (χ4n) is 6.62. The van der Waals surface area contributed by atoms with E-state index in [1.807, 2.05) is 59.7 Å². The van der Waals surface area contributed by atoms with Gasteiger partial charge < -0.3 is 24.8 Å². The molecule has 8 heteroatoms. The topological polar surface area (TPSA) is 105 Å². The summed E-state index contributed by atoms with van der Waals surface area (Å²) in [6.45, 7) is 13.2. The second-order valence-electron chi connectivity index (χ2n) is 11.0. The molecule has 192 valence electrons. The summed E-state index contributed by atoms with van der Waals surface area (Å²) in [6.07, 6.45) is 0.466. The number of likely N-dealkylation sites (tertiary alicyclic amines) is 1. The molecule has 0 aliphatic carbocycles. The van der Waals surface area contributed by atoms with E-state index >= 15 is 0 Å². The van der Waals surface area contributed by atoms with Gasteiger partial charge in [0.1, 0.15) is 17.6 Å². The van der Waals surface area contributed by atoms with Crippen LogP contribution >= 0.6 is 0 Å². The number of hydrogen-bond acceptors (Lipinski definition) is 6. The maximum atomic E-state index is 14.1. The summed E-state index contributed by atoms with van der Waals surface area (Å²) in [5.41, 5.74) is 0.479. The zero-order chi connectivity index (χ0) is 25.9. The fourth-order valence-corrected chi connectivity index (χ4v) is 6.62. The van der Waals surface area contributed by atoms with Gasteiger partial charge in [-0.3, -0.25) is 14.4 Å². The number of carbonyl (C=O) groups excluding carboxylic acids is 3. The van der Waals surface area contributed by atoms with E-state index in [4.69, 9.17) is 9.47 Å². The van der Waals surface area contributed by atoms with Crippen molar-refractivity contribution in [1.29, 1.82) is 0 Å². The number of nitrogens with one attached hydrogen (secondary N) is 1. The number of aliphatic hydroxyl groups is 1. The summed E-state index contributed by atoms with van der Waals surface area (Å²) in [5, 5.41) is 13.3. The van der Waals surface area contributed by atoms with Gasteiger partial charge in [-0.1, -0.05) is 32.9 Å². The summed E-state index contributed by atoms with van der Waals surface area (Å²) in [6, 6.07) is 4.23. The highest BCUT2D eigenvalue weighted by molar-refractivity contribution is 6.04. The molecule has 1 spiro atoms. The first-order valence-electron chi connectivity index (χ1n) is 12.6. The van der Waals surface area contributed by atoms with E-state index in [1.165, 1.54) is 4.90 Å². The van der Waals surface area contributed by atoms with Crippen LogP contribution in [0.3, 0.4) is 0 Å². The first kappa shape index (κ1) is 25.6. The van der Waals surface area contributed by atoms with E-state index in [0.29, 0.717) is 12.1 Å². The number of carbonyl (C=O) groups is 3. The lowest BCUT2D eigenvalue weighted by Crippen LogP contribution is -2.57. The Labute approximate surface area is 207 Å². The van der Waals surface area contributed by atoms with Crippen molar-refractivity contribution < 1.29 is 29.0 Å². The molecule has 0 radical (unpaired) electrons. The Morgan fingerprint density at radius 3 is 2.60 bits per heavy atom. The predicted octanol–water partition coefficient (Wildman–Crippen LogP) is 2.83. The second kappa shape index (κ2) is 8.89. The number of hydrogen-bond donors (Lipinski definition) is 2. The third-order valence-corrected chi connectivity index (χ3v) is 8.51. The molecule has 0 saturated carbocycles. The highest BCUT2D eigenvalue weighted by Gasteiger charge is 2.80. The van der Waals surface area contributed by atoms with Gasteiger partial charge in [-0.05, 0) is 63.1 Å². The van der Waals surface area contributed by atoms with Gasteiger partial charge in [-0.15, -0.1) is 0 Å². The number of benzene rings is 1. The minimum absolute atomic E-state index is 0.0662. The molecule has 1 aromatic carbocycles. The van der Waals surface area contributed by atoms with Crippen molar-refractivity contribution >= 4 is 23.5 Å². The van der Waals surface area contributed by atoms with Crippen molar-refractivity contribution in [1.82, 2.24) is 4.90 Å². The highest BCUT2D eigenvalue weighted by atomic mass is 16.6. The van der Waals surface area contributed by atoms with Crippen LogP contribution in [0.25, 0.3) is 0 Å². The molecule has 1 aromatic rings. The Morgan fingerprint density at radius 2 is 2.00 bits per heavy atom. The third-order valence-electron chi connectivity index (χ3n) is 8.51. The Kier molecular flexibility index (Phi) is 6.51. The number of ether oxygens (including phenoxy) is 2. The molecule has 3 aliphatic rings. The maximum absolute atomic E-state index is 14.1. The van der Waals surface area contributed by atoms with Gasteiger partial charge in [0.15, 0.2) is 0 Å². The number of fused-ring (bicyclic) bond motifs is 1. The lowest BCUT2D eigenvalue weighted by Gasteiger charge is -2.38. The van der Waals surface area contributed by atoms with Gasteiger partial charge in [0.05, 0.1) is 30.8 Å². The first-order chi connectivity index (χ1) is 16.4. The number of esters is 1. The molecule has 35 heavy (non-hydrogen) atoms. The molecule has 7 atom stereocenters. The molecular weight excluding hydrogens is 448 g/mol. The molecule has 2 N–H and O–H groups in total. The van der Waals surface area contributed by atoms with Crippen LogP contribution in [0.1, 0.15) is 52.2 Å². The fraction of sp³-hybridized carbons (Fsp3) is 0.667. The number of nitrogens with zero attached hydrogens (tertiary/aromatic N) is 1. The zero-order valence-electron chi connectivity index (χ0n) is 21.8. The SMILES string of the molecule is CCOC(=O)[C@@H]1[C@H]2C(=O)N([C@@H](CO)C(C)C)C(C(=O)Nc3cc(C)ccc3C)C23CC(C)[C@@]1(C)O3. The van der Waals surface area contributed by atoms with Crippen LogP contribution in [0, 0.1) is 37.5 Å². The van der Waals surface area contributed by atoms with Gasteiger partial charge >= 0.3 is 5.97 Å². The van der Waals surface area contributed by atoms with Crippen LogP contribution in [0.5, 0.6) is 0 Å². The largest absolute Gasteiger partial charge is 0.466 e. The molecule has 2 bridgehead atoms.